The fourth-order valence-corrected chi connectivity index (χ4v) is 11.6. The van der Waals surface area contributed by atoms with Crippen LogP contribution in [0.2, 0.25) is 23.2 Å². The van der Waals surface area contributed by atoms with E-state index in [1.807, 2.05) is 0 Å². The lowest BCUT2D eigenvalue weighted by Gasteiger charge is -2.53. The van der Waals surface area contributed by atoms with Crippen LogP contribution in [0.3, 0.4) is 0 Å². The van der Waals surface area contributed by atoms with Crippen molar-refractivity contribution in [2.45, 2.75) is 88.4 Å². The number of hydrogen-bond acceptors (Lipinski definition) is 1. The van der Waals surface area contributed by atoms with Gasteiger partial charge in [-0.3, -0.25) is 0 Å². The summed E-state index contributed by atoms with van der Waals surface area (Å²) in [6, 6.07) is 4.42. The van der Waals surface area contributed by atoms with Crippen LogP contribution in [0.5, 0.6) is 0 Å². The molecule has 0 N–H and O–H groups in total. The standard InChI is InChI=1S/C19H37NSi/c1-4-17-21(6-3)18-11-8-12-19(21,5-2)13-16-20-14-9-7-10-15-20/h4H,1,5-18H2,2-3H3. The molecule has 1 nitrogen and oxygen atoms in total. The number of nitrogens with zero attached hydrogens (tertiary/aromatic N) is 1. The van der Waals surface area contributed by atoms with E-state index < -0.39 is 8.07 Å². The van der Waals surface area contributed by atoms with Gasteiger partial charge in [0.2, 0.25) is 0 Å². The van der Waals surface area contributed by atoms with Gasteiger partial charge in [0, 0.05) is 0 Å². The first kappa shape index (κ1) is 17.3. The van der Waals surface area contributed by atoms with Crippen LogP contribution in [0.15, 0.2) is 12.7 Å². The third-order valence-corrected chi connectivity index (χ3v) is 13.8. The van der Waals surface area contributed by atoms with Gasteiger partial charge in [-0.2, -0.15) is 0 Å². The molecule has 0 aliphatic carbocycles. The van der Waals surface area contributed by atoms with Gasteiger partial charge in [-0.1, -0.05) is 57.7 Å². The number of hydrogen-bond donors (Lipinski definition) is 0. The van der Waals surface area contributed by atoms with Crippen molar-refractivity contribution < 1.29 is 0 Å². The summed E-state index contributed by atoms with van der Waals surface area (Å²) in [4.78, 5) is 2.76. The molecule has 0 aromatic heterocycles. The molecule has 2 aliphatic heterocycles. The lowest BCUT2D eigenvalue weighted by Crippen LogP contribution is -2.50. The van der Waals surface area contributed by atoms with Gasteiger partial charge in [0.15, 0.2) is 0 Å². The Labute approximate surface area is 134 Å². The van der Waals surface area contributed by atoms with Gasteiger partial charge >= 0.3 is 0 Å². The molecule has 122 valence electrons. The van der Waals surface area contributed by atoms with Gasteiger partial charge in [-0.05, 0) is 56.4 Å². The van der Waals surface area contributed by atoms with Gasteiger partial charge in [-0.25, -0.2) is 0 Å². The first-order chi connectivity index (χ1) is 10.2. The van der Waals surface area contributed by atoms with Crippen LogP contribution in [0.1, 0.15) is 65.2 Å². The van der Waals surface area contributed by atoms with Gasteiger partial charge in [0.25, 0.3) is 0 Å². The largest absolute Gasteiger partial charge is 0.303 e. The fraction of sp³-hybridized carbons (Fsp3) is 0.895. The minimum absolute atomic E-state index is 0.714. The van der Waals surface area contributed by atoms with Crippen LogP contribution >= 0.6 is 0 Å². The molecule has 0 saturated carbocycles. The van der Waals surface area contributed by atoms with E-state index in [1.165, 1.54) is 83.1 Å². The van der Waals surface area contributed by atoms with Crippen LogP contribution in [0.25, 0.3) is 0 Å². The molecule has 0 aromatic rings. The zero-order chi connectivity index (χ0) is 15.2. The average molecular weight is 308 g/mol. The SMILES string of the molecule is C=CC[Si]1(CC)CCCCC1(CC)CCN1CCCCC1. The molecule has 0 radical (unpaired) electrons. The van der Waals surface area contributed by atoms with Crippen LogP contribution in [0.4, 0.5) is 0 Å². The Hall–Kier alpha value is -0.0831. The summed E-state index contributed by atoms with van der Waals surface area (Å²) in [5.74, 6) is 0. The van der Waals surface area contributed by atoms with Crippen LogP contribution in [-0.2, 0) is 0 Å². The molecule has 2 unspecified atom stereocenters. The van der Waals surface area contributed by atoms with E-state index in [-0.39, 0.29) is 0 Å². The van der Waals surface area contributed by atoms with Crippen molar-refractivity contribution in [2.24, 2.45) is 0 Å². The van der Waals surface area contributed by atoms with Crippen molar-refractivity contribution in [3.63, 3.8) is 0 Å². The molecular weight excluding hydrogens is 270 g/mol. The molecule has 0 spiro atoms. The van der Waals surface area contributed by atoms with E-state index in [1.54, 1.807) is 6.04 Å². The number of allylic oxidation sites excluding steroid dienone is 1. The van der Waals surface area contributed by atoms with Gasteiger partial charge < -0.3 is 4.90 Å². The Bertz CT molecular complexity index is 324. The topological polar surface area (TPSA) is 3.24 Å². The molecule has 2 atom stereocenters. The van der Waals surface area contributed by atoms with Crippen molar-refractivity contribution in [1.82, 2.24) is 4.90 Å². The highest BCUT2D eigenvalue weighted by Crippen LogP contribution is 2.58. The highest BCUT2D eigenvalue weighted by atomic mass is 28.3. The van der Waals surface area contributed by atoms with Gasteiger partial charge in [-0.15, -0.1) is 6.58 Å². The highest BCUT2D eigenvalue weighted by Gasteiger charge is 2.50. The van der Waals surface area contributed by atoms with E-state index in [0.29, 0.717) is 5.04 Å². The monoisotopic (exact) mass is 307 g/mol. The van der Waals surface area contributed by atoms with E-state index in [9.17, 15) is 0 Å². The second-order valence-electron chi connectivity index (χ2n) is 7.62. The maximum Gasteiger partial charge on any atom is 0.0633 e. The Morgan fingerprint density at radius 3 is 2.48 bits per heavy atom. The summed E-state index contributed by atoms with van der Waals surface area (Å²) >= 11 is 0. The maximum atomic E-state index is 4.12. The summed E-state index contributed by atoms with van der Waals surface area (Å²) < 4.78 is 0. The lowest BCUT2D eigenvalue weighted by atomic mass is 9.93. The van der Waals surface area contributed by atoms with Gasteiger partial charge in [0.1, 0.15) is 0 Å². The summed E-state index contributed by atoms with van der Waals surface area (Å²) in [5.41, 5.74) is 0. The first-order valence-corrected chi connectivity index (χ1v) is 12.2. The average Bonchev–Trinajstić information content (AvgIpc) is 2.55. The van der Waals surface area contributed by atoms with Crippen molar-refractivity contribution in [2.75, 3.05) is 19.6 Å². The molecule has 0 aromatic carbocycles. The fourth-order valence-electron chi connectivity index (χ4n) is 5.42. The Kier molecular flexibility index (Phi) is 6.55. The third kappa shape index (κ3) is 3.64. The smallest absolute Gasteiger partial charge is 0.0633 e. The molecular formula is C19H37NSi. The molecule has 2 aliphatic rings. The van der Waals surface area contributed by atoms with Crippen LogP contribution in [0, 0.1) is 0 Å². The maximum absolute atomic E-state index is 4.12. The predicted molar refractivity (Wildman–Crippen MR) is 97.8 cm³/mol. The van der Waals surface area contributed by atoms with Gasteiger partial charge in [0.05, 0.1) is 8.07 Å². The lowest BCUT2D eigenvalue weighted by molar-refractivity contribution is 0.208. The molecule has 2 heteroatoms. The number of piperidine rings is 1. The van der Waals surface area contributed by atoms with Crippen molar-refractivity contribution in [3.8, 4) is 0 Å². The van der Waals surface area contributed by atoms with E-state index >= 15 is 0 Å². The van der Waals surface area contributed by atoms with Crippen LogP contribution in [-0.4, -0.2) is 32.6 Å². The zero-order valence-electron chi connectivity index (χ0n) is 14.6. The van der Waals surface area contributed by atoms with Crippen molar-refractivity contribution in [3.05, 3.63) is 12.7 Å². The van der Waals surface area contributed by atoms with Crippen molar-refractivity contribution in [1.29, 1.82) is 0 Å². The number of rotatable bonds is 7. The molecule has 2 saturated heterocycles. The van der Waals surface area contributed by atoms with E-state index in [4.69, 9.17) is 0 Å². The Balaban J connectivity index is 2.08. The normalized spacial score (nSPS) is 34.8. The quantitative estimate of drug-likeness (QED) is 0.421. The molecule has 2 heterocycles. The van der Waals surface area contributed by atoms with E-state index in [0.717, 1.165) is 0 Å². The predicted octanol–water partition coefficient (Wildman–Crippen LogP) is 5.85. The third-order valence-electron chi connectivity index (χ3n) is 6.93. The highest BCUT2D eigenvalue weighted by molar-refractivity contribution is 6.83. The zero-order valence-corrected chi connectivity index (χ0v) is 15.6. The molecule has 0 amide bonds. The minimum atomic E-state index is -1.17. The first-order valence-electron chi connectivity index (χ1n) is 9.55. The second kappa shape index (κ2) is 7.96. The summed E-state index contributed by atoms with van der Waals surface area (Å²) in [6.07, 6.45) is 14.0. The molecule has 2 fully saturated rings. The summed E-state index contributed by atoms with van der Waals surface area (Å²) in [7, 11) is -1.17. The Morgan fingerprint density at radius 2 is 1.86 bits per heavy atom. The minimum Gasteiger partial charge on any atom is -0.303 e. The second-order valence-corrected chi connectivity index (χ2v) is 12.9. The van der Waals surface area contributed by atoms with Crippen molar-refractivity contribution >= 4 is 8.07 Å². The van der Waals surface area contributed by atoms with E-state index in [2.05, 4.69) is 31.4 Å². The number of likely N-dealkylation sites (tertiary alicyclic amines) is 1. The summed E-state index contributed by atoms with van der Waals surface area (Å²) in [6.45, 7) is 13.2. The molecule has 2 rings (SSSR count). The Morgan fingerprint density at radius 1 is 1.10 bits per heavy atom. The molecule has 21 heavy (non-hydrogen) atoms. The summed E-state index contributed by atoms with van der Waals surface area (Å²) in [5, 5.41) is 0.714. The molecule has 0 bridgehead atoms. The van der Waals surface area contributed by atoms with Crippen LogP contribution < -0.4 is 0 Å².